The minimum Gasteiger partial charge on any atom is -0.337 e. The predicted octanol–water partition coefficient (Wildman–Crippen LogP) is 1.60. The van der Waals surface area contributed by atoms with Gasteiger partial charge in [-0.15, -0.1) is 12.4 Å². The molecule has 6 nitrogen and oxygen atoms in total. The molecule has 7 heteroatoms. The fraction of sp³-hybridized carbons (Fsp3) is 0.400. The summed E-state index contributed by atoms with van der Waals surface area (Å²) in [7, 11) is 0. The van der Waals surface area contributed by atoms with Gasteiger partial charge in [0, 0.05) is 12.4 Å². The van der Waals surface area contributed by atoms with Gasteiger partial charge in [0.15, 0.2) is 0 Å². The van der Waals surface area contributed by atoms with Crippen LogP contribution in [0.3, 0.4) is 0 Å². The fourth-order valence-corrected chi connectivity index (χ4v) is 1.17. The Hall–Kier alpha value is -1.53. The van der Waals surface area contributed by atoms with Crippen molar-refractivity contribution in [1.82, 2.24) is 20.1 Å². The van der Waals surface area contributed by atoms with Gasteiger partial charge in [0.05, 0.1) is 12.2 Å². The van der Waals surface area contributed by atoms with Crippen molar-refractivity contribution in [3.05, 3.63) is 24.5 Å². The molecule has 0 aromatic carbocycles. The number of hydrogen-bond donors (Lipinski definition) is 1. The fourth-order valence-electron chi connectivity index (χ4n) is 1.17. The van der Waals surface area contributed by atoms with E-state index in [0.717, 1.165) is 0 Å². The summed E-state index contributed by atoms with van der Waals surface area (Å²) < 4.78 is 5.09. The van der Waals surface area contributed by atoms with Gasteiger partial charge in [0.1, 0.15) is 5.69 Å². The molecule has 0 amide bonds. The number of halogens is 1. The van der Waals surface area contributed by atoms with Crippen molar-refractivity contribution in [2.24, 2.45) is 11.7 Å². The third kappa shape index (κ3) is 2.98. The van der Waals surface area contributed by atoms with E-state index in [1.54, 1.807) is 18.6 Å². The maximum atomic E-state index is 5.90. The Bertz CT molecular complexity index is 459. The van der Waals surface area contributed by atoms with Gasteiger partial charge >= 0.3 is 0 Å². The zero-order valence-corrected chi connectivity index (χ0v) is 10.4. The quantitative estimate of drug-likeness (QED) is 0.896. The highest BCUT2D eigenvalue weighted by molar-refractivity contribution is 5.85. The summed E-state index contributed by atoms with van der Waals surface area (Å²) in [5, 5.41) is 3.82. The lowest BCUT2D eigenvalue weighted by atomic mass is 10.1. The summed E-state index contributed by atoms with van der Waals surface area (Å²) in [5.41, 5.74) is 6.47. The highest BCUT2D eigenvalue weighted by atomic mass is 35.5. The molecular formula is C10H14ClN5O. The average molecular weight is 256 g/mol. The highest BCUT2D eigenvalue weighted by Gasteiger charge is 2.18. The monoisotopic (exact) mass is 255 g/mol. The van der Waals surface area contributed by atoms with Gasteiger partial charge in [-0.25, -0.2) is 4.98 Å². The van der Waals surface area contributed by atoms with Crippen molar-refractivity contribution in [2.75, 3.05) is 0 Å². The molecule has 0 fully saturated rings. The van der Waals surface area contributed by atoms with E-state index >= 15 is 0 Å². The van der Waals surface area contributed by atoms with Crippen LogP contribution < -0.4 is 5.73 Å². The lowest BCUT2D eigenvalue weighted by Gasteiger charge is -2.08. The van der Waals surface area contributed by atoms with Gasteiger partial charge in [0.2, 0.25) is 11.7 Å². The molecule has 0 aliphatic rings. The van der Waals surface area contributed by atoms with Crippen LogP contribution in [0.2, 0.25) is 0 Å². The Labute approximate surface area is 105 Å². The third-order valence-electron chi connectivity index (χ3n) is 2.24. The van der Waals surface area contributed by atoms with Crippen molar-refractivity contribution in [3.63, 3.8) is 0 Å². The van der Waals surface area contributed by atoms with Crippen molar-refractivity contribution < 1.29 is 4.52 Å². The molecule has 2 aromatic heterocycles. The molecule has 0 unspecified atom stereocenters. The van der Waals surface area contributed by atoms with E-state index < -0.39 is 0 Å². The average Bonchev–Trinajstić information content (AvgIpc) is 2.78. The largest absolute Gasteiger partial charge is 0.337 e. The zero-order valence-electron chi connectivity index (χ0n) is 9.57. The summed E-state index contributed by atoms with van der Waals surface area (Å²) in [6.07, 6.45) is 4.74. The van der Waals surface area contributed by atoms with Gasteiger partial charge in [0.25, 0.3) is 0 Å². The van der Waals surface area contributed by atoms with E-state index in [9.17, 15) is 0 Å². The normalized spacial score (nSPS) is 12.2. The zero-order chi connectivity index (χ0) is 11.5. The molecule has 0 bridgehead atoms. The molecule has 0 aliphatic carbocycles. The molecule has 0 radical (unpaired) electrons. The molecule has 2 aromatic rings. The predicted molar refractivity (Wildman–Crippen MR) is 64.3 cm³/mol. The Morgan fingerprint density at radius 1 is 1.29 bits per heavy atom. The van der Waals surface area contributed by atoms with Gasteiger partial charge < -0.3 is 10.3 Å². The first-order chi connectivity index (χ1) is 7.68. The molecule has 2 heterocycles. The van der Waals surface area contributed by atoms with Crippen LogP contribution in [0, 0.1) is 5.92 Å². The molecular weight excluding hydrogens is 242 g/mol. The molecule has 0 aliphatic heterocycles. The van der Waals surface area contributed by atoms with Crippen molar-refractivity contribution in [2.45, 2.75) is 19.9 Å². The number of aromatic nitrogens is 4. The van der Waals surface area contributed by atoms with Crippen LogP contribution in [0.15, 0.2) is 23.1 Å². The number of hydrogen-bond acceptors (Lipinski definition) is 6. The Morgan fingerprint density at radius 3 is 2.65 bits per heavy atom. The SMILES string of the molecule is CC(C)[C@@H](N)c1nc(-c2cnccn2)no1.Cl. The summed E-state index contributed by atoms with van der Waals surface area (Å²) in [6, 6.07) is -0.252. The topological polar surface area (TPSA) is 90.7 Å². The maximum absolute atomic E-state index is 5.90. The second-order valence-corrected chi connectivity index (χ2v) is 3.82. The summed E-state index contributed by atoms with van der Waals surface area (Å²) in [5.74, 6) is 1.09. The minimum absolute atomic E-state index is 0. The molecule has 0 spiro atoms. The van der Waals surface area contributed by atoms with Crippen molar-refractivity contribution in [1.29, 1.82) is 0 Å². The smallest absolute Gasteiger partial charge is 0.244 e. The molecule has 2 rings (SSSR count). The second kappa shape index (κ2) is 5.70. The van der Waals surface area contributed by atoms with Gasteiger partial charge in [-0.1, -0.05) is 19.0 Å². The van der Waals surface area contributed by atoms with Crippen molar-refractivity contribution >= 4 is 12.4 Å². The maximum Gasteiger partial charge on any atom is 0.244 e. The Balaban J connectivity index is 0.00000144. The van der Waals surface area contributed by atoms with Gasteiger partial charge in [-0.2, -0.15) is 4.98 Å². The van der Waals surface area contributed by atoms with E-state index in [0.29, 0.717) is 17.4 Å². The molecule has 92 valence electrons. The lowest BCUT2D eigenvalue weighted by molar-refractivity contribution is 0.325. The highest BCUT2D eigenvalue weighted by Crippen LogP contribution is 2.19. The van der Waals surface area contributed by atoms with Crippen LogP contribution in [-0.2, 0) is 0 Å². The first-order valence-corrected chi connectivity index (χ1v) is 5.04. The number of rotatable bonds is 3. The Morgan fingerprint density at radius 2 is 2.06 bits per heavy atom. The van der Waals surface area contributed by atoms with Crippen LogP contribution in [0.1, 0.15) is 25.8 Å². The van der Waals surface area contributed by atoms with E-state index in [1.807, 2.05) is 13.8 Å². The minimum atomic E-state index is -0.252. The van der Waals surface area contributed by atoms with E-state index in [-0.39, 0.29) is 24.4 Å². The van der Waals surface area contributed by atoms with E-state index in [2.05, 4.69) is 20.1 Å². The first kappa shape index (κ1) is 13.5. The molecule has 17 heavy (non-hydrogen) atoms. The van der Waals surface area contributed by atoms with Gasteiger partial charge in [-0.05, 0) is 5.92 Å². The summed E-state index contributed by atoms with van der Waals surface area (Å²) in [6.45, 7) is 3.99. The standard InChI is InChI=1S/C10H13N5O.ClH/c1-6(2)8(11)10-14-9(15-16-10)7-5-12-3-4-13-7;/h3-6,8H,11H2,1-2H3;1H/t8-;/m1./s1. The molecule has 1 atom stereocenters. The second-order valence-electron chi connectivity index (χ2n) is 3.82. The summed E-state index contributed by atoms with van der Waals surface area (Å²) >= 11 is 0. The van der Waals surface area contributed by atoms with E-state index in [4.69, 9.17) is 10.3 Å². The molecule has 0 saturated heterocycles. The Kier molecular flexibility index (Phi) is 4.53. The van der Waals surface area contributed by atoms with Crippen molar-refractivity contribution in [3.8, 4) is 11.5 Å². The van der Waals surface area contributed by atoms with Crippen LogP contribution >= 0.6 is 12.4 Å². The van der Waals surface area contributed by atoms with E-state index in [1.165, 1.54) is 0 Å². The number of nitrogens with zero attached hydrogens (tertiary/aromatic N) is 4. The van der Waals surface area contributed by atoms with Crippen LogP contribution in [-0.4, -0.2) is 20.1 Å². The number of nitrogens with two attached hydrogens (primary N) is 1. The van der Waals surface area contributed by atoms with Crippen LogP contribution in [0.5, 0.6) is 0 Å². The van der Waals surface area contributed by atoms with Crippen LogP contribution in [0.25, 0.3) is 11.5 Å². The lowest BCUT2D eigenvalue weighted by Crippen LogP contribution is -2.16. The summed E-state index contributed by atoms with van der Waals surface area (Å²) in [4.78, 5) is 12.2. The third-order valence-corrected chi connectivity index (χ3v) is 2.24. The molecule has 0 saturated carbocycles. The first-order valence-electron chi connectivity index (χ1n) is 5.04. The molecule has 2 N–H and O–H groups in total. The van der Waals surface area contributed by atoms with Crippen LogP contribution in [0.4, 0.5) is 0 Å². The van der Waals surface area contributed by atoms with Gasteiger partial charge in [-0.3, -0.25) is 4.98 Å².